The SMILES string of the molecule is CCN1C(=O)C(C)Oc2cc(NC(=O)/C=C/c3ccc(F)cc3)ccc21. The number of ether oxygens (including phenoxy) is 1. The van der Waals surface area contributed by atoms with Crippen LogP contribution in [0.15, 0.2) is 48.5 Å². The van der Waals surface area contributed by atoms with Gasteiger partial charge in [0.05, 0.1) is 5.69 Å². The molecule has 1 atom stereocenters. The maximum atomic E-state index is 12.9. The topological polar surface area (TPSA) is 58.6 Å². The molecule has 1 aliphatic heterocycles. The molecule has 0 bridgehead atoms. The summed E-state index contributed by atoms with van der Waals surface area (Å²) >= 11 is 0. The van der Waals surface area contributed by atoms with E-state index in [0.29, 0.717) is 23.7 Å². The molecule has 0 aliphatic carbocycles. The first-order chi connectivity index (χ1) is 12.5. The Bertz CT molecular complexity index is 862. The largest absolute Gasteiger partial charge is 0.479 e. The Hall–Kier alpha value is -3.15. The van der Waals surface area contributed by atoms with Crippen molar-refractivity contribution in [3.63, 3.8) is 0 Å². The van der Waals surface area contributed by atoms with Gasteiger partial charge in [-0.3, -0.25) is 9.59 Å². The molecule has 1 aliphatic rings. The number of carbonyl (C=O) groups is 2. The van der Waals surface area contributed by atoms with E-state index in [2.05, 4.69) is 5.32 Å². The van der Waals surface area contributed by atoms with E-state index in [1.54, 1.807) is 48.2 Å². The highest BCUT2D eigenvalue weighted by Gasteiger charge is 2.30. The molecule has 2 amide bonds. The fourth-order valence-corrected chi connectivity index (χ4v) is 2.74. The number of fused-ring (bicyclic) bond motifs is 1. The standard InChI is InChI=1S/C20H19FN2O3/c1-3-23-17-10-9-16(12-18(17)26-13(2)20(23)25)22-19(24)11-6-14-4-7-15(21)8-5-14/h4-13H,3H2,1-2H3,(H,22,24)/b11-6+. The van der Waals surface area contributed by atoms with Crippen LogP contribution in [0.3, 0.4) is 0 Å². The lowest BCUT2D eigenvalue weighted by Gasteiger charge is -2.32. The average molecular weight is 354 g/mol. The molecule has 134 valence electrons. The molecule has 1 unspecified atom stereocenters. The van der Waals surface area contributed by atoms with E-state index in [0.717, 1.165) is 5.56 Å². The van der Waals surface area contributed by atoms with Crippen LogP contribution in [0.25, 0.3) is 6.08 Å². The van der Waals surface area contributed by atoms with Gasteiger partial charge in [-0.05, 0) is 49.8 Å². The number of hydrogen-bond donors (Lipinski definition) is 1. The lowest BCUT2D eigenvalue weighted by Crippen LogP contribution is -2.44. The first-order valence-electron chi connectivity index (χ1n) is 8.34. The zero-order valence-electron chi connectivity index (χ0n) is 14.5. The van der Waals surface area contributed by atoms with E-state index >= 15 is 0 Å². The molecule has 0 aromatic heterocycles. The minimum atomic E-state index is -0.563. The number of halogens is 1. The van der Waals surface area contributed by atoms with Crippen molar-refractivity contribution in [3.05, 3.63) is 59.9 Å². The summed E-state index contributed by atoms with van der Waals surface area (Å²) < 4.78 is 18.5. The van der Waals surface area contributed by atoms with Crippen LogP contribution in [-0.2, 0) is 9.59 Å². The highest BCUT2D eigenvalue weighted by Crippen LogP contribution is 2.36. The van der Waals surface area contributed by atoms with Crippen molar-refractivity contribution in [2.45, 2.75) is 20.0 Å². The van der Waals surface area contributed by atoms with E-state index in [1.807, 2.05) is 6.92 Å². The van der Waals surface area contributed by atoms with Crippen molar-refractivity contribution < 1.29 is 18.7 Å². The highest BCUT2D eigenvalue weighted by atomic mass is 19.1. The molecular weight excluding hydrogens is 335 g/mol. The van der Waals surface area contributed by atoms with Gasteiger partial charge in [-0.15, -0.1) is 0 Å². The summed E-state index contributed by atoms with van der Waals surface area (Å²) in [5.74, 6) is -0.172. The zero-order valence-corrected chi connectivity index (χ0v) is 14.5. The fraction of sp³-hybridized carbons (Fsp3) is 0.200. The molecule has 6 heteroatoms. The van der Waals surface area contributed by atoms with Gasteiger partial charge in [-0.2, -0.15) is 0 Å². The maximum absolute atomic E-state index is 12.9. The Morgan fingerprint density at radius 3 is 2.69 bits per heavy atom. The molecule has 2 aromatic rings. The van der Waals surface area contributed by atoms with Crippen LogP contribution in [0.4, 0.5) is 15.8 Å². The molecule has 0 spiro atoms. The summed E-state index contributed by atoms with van der Waals surface area (Å²) in [6.45, 7) is 4.14. The lowest BCUT2D eigenvalue weighted by atomic mass is 10.1. The highest BCUT2D eigenvalue weighted by molar-refractivity contribution is 6.03. The number of anilines is 2. The van der Waals surface area contributed by atoms with Gasteiger partial charge in [0, 0.05) is 24.4 Å². The number of nitrogens with zero attached hydrogens (tertiary/aromatic N) is 1. The maximum Gasteiger partial charge on any atom is 0.267 e. The van der Waals surface area contributed by atoms with Crippen molar-refractivity contribution in [1.29, 1.82) is 0 Å². The number of carbonyl (C=O) groups excluding carboxylic acids is 2. The summed E-state index contributed by atoms with van der Waals surface area (Å²) in [5.41, 5.74) is 1.98. The van der Waals surface area contributed by atoms with E-state index in [9.17, 15) is 14.0 Å². The number of likely N-dealkylation sites (N-methyl/N-ethyl adjacent to an activating group) is 1. The molecule has 1 heterocycles. The monoisotopic (exact) mass is 354 g/mol. The molecule has 2 aromatic carbocycles. The fourth-order valence-electron chi connectivity index (χ4n) is 2.74. The zero-order chi connectivity index (χ0) is 18.7. The Morgan fingerprint density at radius 2 is 2.00 bits per heavy atom. The smallest absolute Gasteiger partial charge is 0.267 e. The van der Waals surface area contributed by atoms with Crippen LogP contribution in [-0.4, -0.2) is 24.5 Å². The van der Waals surface area contributed by atoms with Gasteiger partial charge in [-0.1, -0.05) is 12.1 Å². The Labute approximate surface area is 151 Å². The van der Waals surface area contributed by atoms with E-state index < -0.39 is 6.10 Å². The first kappa shape index (κ1) is 17.7. The normalized spacial score (nSPS) is 16.3. The molecular formula is C20H19FN2O3. The minimum absolute atomic E-state index is 0.0842. The number of benzene rings is 2. The van der Waals surface area contributed by atoms with E-state index in [-0.39, 0.29) is 17.6 Å². The van der Waals surface area contributed by atoms with Gasteiger partial charge in [0.1, 0.15) is 11.6 Å². The van der Waals surface area contributed by atoms with E-state index in [1.165, 1.54) is 18.2 Å². The average Bonchev–Trinajstić information content (AvgIpc) is 2.62. The second kappa shape index (κ2) is 7.39. The molecule has 0 saturated carbocycles. The van der Waals surface area contributed by atoms with Gasteiger partial charge >= 0.3 is 0 Å². The van der Waals surface area contributed by atoms with Gasteiger partial charge in [0.15, 0.2) is 6.10 Å². The van der Waals surface area contributed by atoms with Crippen LogP contribution in [0.2, 0.25) is 0 Å². The third-order valence-corrected chi connectivity index (χ3v) is 4.05. The molecule has 5 nitrogen and oxygen atoms in total. The van der Waals surface area contributed by atoms with Gasteiger partial charge < -0.3 is 15.0 Å². The second-order valence-corrected chi connectivity index (χ2v) is 5.90. The number of nitrogens with one attached hydrogen (secondary N) is 1. The number of amides is 2. The predicted octanol–water partition coefficient (Wildman–Crippen LogP) is 3.61. The molecule has 0 radical (unpaired) electrons. The Morgan fingerprint density at radius 1 is 1.27 bits per heavy atom. The summed E-state index contributed by atoms with van der Waals surface area (Å²) in [6.07, 6.45) is 2.41. The summed E-state index contributed by atoms with van der Waals surface area (Å²) in [6, 6.07) is 11.0. The summed E-state index contributed by atoms with van der Waals surface area (Å²) in [4.78, 5) is 25.9. The van der Waals surface area contributed by atoms with Crippen LogP contribution < -0.4 is 15.0 Å². The minimum Gasteiger partial charge on any atom is -0.479 e. The van der Waals surface area contributed by atoms with E-state index in [4.69, 9.17) is 4.74 Å². The summed E-state index contributed by atoms with van der Waals surface area (Å²) in [5, 5.41) is 2.75. The van der Waals surface area contributed by atoms with Crippen molar-refractivity contribution in [2.24, 2.45) is 0 Å². The van der Waals surface area contributed by atoms with Crippen molar-refractivity contribution in [2.75, 3.05) is 16.8 Å². The third kappa shape index (κ3) is 3.74. The Balaban J connectivity index is 1.73. The third-order valence-electron chi connectivity index (χ3n) is 4.05. The van der Waals surface area contributed by atoms with Gasteiger partial charge in [0.2, 0.25) is 5.91 Å². The molecule has 0 fully saturated rings. The van der Waals surface area contributed by atoms with Gasteiger partial charge in [0.25, 0.3) is 5.91 Å². The predicted molar refractivity (Wildman–Crippen MR) is 98.6 cm³/mol. The molecule has 1 N–H and O–H groups in total. The van der Waals surface area contributed by atoms with Crippen molar-refractivity contribution in [3.8, 4) is 5.75 Å². The number of rotatable bonds is 4. The Kier molecular flexibility index (Phi) is 5.02. The van der Waals surface area contributed by atoms with Crippen LogP contribution >= 0.6 is 0 Å². The quantitative estimate of drug-likeness (QED) is 0.854. The molecule has 26 heavy (non-hydrogen) atoms. The van der Waals surface area contributed by atoms with Crippen LogP contribution in [0.5, 0.6) is 5.75 Å². The first-order valence-corrected chi connectivity index (χ1v) is 8.34. The molecule has 0 saturated heterocycles. The van der Waals surface area contributed by atoms with Crippen LogP contribution in [0, 0.1) is 5.82 Å². The summed E-state index contributed by atoms with van der Waals surface area (Å²) in [7, 11) is 0. The van der Waals surface area contributed by atoms with Crippen molar-refractivity contribution >= 4 is 29.3 Å². The van der Waals surface area contributed by atoms with Crippen LogP contribution in [0.1, 0.15) is 19.4 Å². The second-order valence-electron chi connectivity index (χ2n) is 5.90. The lowest BCUT2D eigenvalue weighted by molar-refractivity contribution is -0.125. The molecule has 3 rings (SSSR count). The van der Waals surface area contributed by atoms with Gasteiger partial charge in [-0.25, -0.2) is 4.39 Å². The van der Waals surface area contributed by atoms with Crippen molar-refractivity contribution in [1.82, 2.24) is 0 Å². The number of hydrogen-bond acceptors (Lipinski definition) is 3.